The standard InChI is InChI=1S/C18H22FNO/c1-12(2)20-11-14-5-6-15(19)10-18(14)17-8-7-16(21-4)9-13(17)3/h5-10,12,20H,11H2,1-4H3. The zero-order chi connectivity index (χ0) is 15.4. The topological polar surface area (TPSA) is 21.3 Å². The number of rotatable bonds is 5. The van der Waals surface area contributed by atoms with Gasteiger partial charge < -0.3 is 10.1 Å². The lowest BCUT2D eigenvalue weighted by atomic mass is 9.95. The van der Waals surface area contributed by atoms with Gasteiger partial charge in [0.25, 0.3) is 0 Å². The van der Waals surface area contributed by atoms with Crippen LogP contribution in [-0.2, 0) is 6.54 Å². The van der Waals surface area contributed by atoms with E-state index in [0.29, 0.717) is 6.04 Å². The maximum absolute atomic E-state index is 13.7. The van der Waals surface area contributed by atoms with Crippen LogP contribution < -0.4 is 10.1 Å². The van der Waals surface area contributed by atoms with Gasteiger partial charge in [-0.2, -0.15) is 0 Å². The van der Waals surface area contributed by atoms with E-state index in [2.05, 4.69) is 19.2 Å². The van der Waals surface area contributed by atoms with E-state index in [4.69, 9.17) is 4.74 Å². The normalized spacial score (nSPS) is 11.0. The van der Waals surface area contributed by atoms with Crippen LogP contribution >= 0.6 is 0 Å². The molecule has 0 saturated heterocycles. The predicted molar refractivity (Wildman–Crippen MR) is 85.1 cm³/mol. The van der Waals surface area contributed by atoms with Crippen LogP contribution in [0.15, 0.2) is 36.4 Å². The van der Waals surface area contributed by atoms with Crippen LogP contribution in [0.1, 0.15) is 25.0 Å². The van der Waals surface area contributed by atoms with Crippen molar-refractivity contribution in [3.05, 3.63) is 53.3 Å². The van der Waals surface area contributed by atoms with Crippen molar-refractivity contribution in [2.24, 2.45) is 0 Å². The van der Waals surface area contributed by atoms with Crippen molar-refractivity contribution in [2.45, 2.75) is 33.4 Å². The molecule has 0 amide bonds. The van der Waals surface area contributed by atoms with Crippen LogP contribution in [0.5, 0.6) is 5.75 Å². The van der Waals surface area contributed by atoms with Gasteiger partial charge in [-0.3, -0.25) is 0 Å². The van der Waals surface area contributed by atoms with Gasteiger partial charge in [-0.15, -0.1) is 0 Å². The first-order chi connectivity index (χ1) is 10.0. The molecule has 3 heteroatoms. The fourth-order valence-corrected chi connectivity index (χ4v) is 2.33. The largest absolute Gasteiger partial charge is 0.497 e. The zero-order valence-corrected chi connectivity index (χ0v) is 13.0. The molecule has 0 fully saturated rings. The molecule has 0 saturated carbocycles. The van der Waals surface area contributed by atoms with Gasteiger partial charge in [-0.25, -0.2) is 4.39 Å². The number of methoxy groups -OCH3 is 1. The molecule has 0 atom stereocenters. The summed E-state index contributed by atoms with van der Waals surface area (Å²) in [5, 5.41) is 3.39. The molecule has 0 radical (unpaired) electrons. The van der Waals surface area contributed by atoms with Gasteiger partial charge in [0.15, 0.2) is 0 Å². The molecule has 0 aliphatic carbocycles. The number of hydrogen-bond donors (Lipinski definition) is 1. The Morgan fingerprint density at radius 1 is 1.10 bits per heavy atom. The molecule has 0 spiro atoms. The fraction of sp³-hybridized carbons (Fsp3) is 0.333. The summed E-state index contributed by atoms with van der Waals surface area (Å²) in [7, 11) is 1.65. The predicted octanol–water partition coefficient (Wildman–Crippen LogP) is 4.31. The quantitative estimate of drug-likeness (QED) is 0.885. The van der Waals surface area contributed by atoms with Crippen molar-refractivity contribution in [3.63, 3.8) is 0 Å². The number of aryl methyl sites for hydroxylation is 1. The summed E-state index contributed by atoms with van der Waals surface area (Å²) < 4.78 is 18.9. The highest BCUT2D eigenvalue weighted by Gasteiger charge is 2.10. The Balaban J connectivity index is 2.44. The lowest BCUT2D eigenvalue weighted by Crippen LogP contribution is -2.22. The molecule has 2 rings (SSSR count). The molecule has 2 aromatic carbocycles. The van der Waals surface area contributed by atoms with Crippen LogP contribution in [0, 0.1) is 12.7 Å². The highest BCUT2D eigenvalue weighted by atomic mass is 19.1. The molecule has 0 aliphatic rings. The maximum Gasteiger partial charge on any atom is 0.123 e. The average Bonchev–Trinajstić information content (AvgIpc) is 2.45. The Kier molecular flexibility index (Phi) is 4.97. The smallest absolute Gasteiger partial charge is 0.123 e. The number of ether oxygens (including phenoxy) is 1. The van der Waals surface area contributed by atoms with Gasteiger partial charge in [-0.1, -0.05) is 26.0 Å². The Labute approximate surface area is 126 Å². The molecular formula is C18H22FNO. The van der Waals surface area contributed by atoms with Crippen molar-refractivity contribution < 1.29 is 9.13 Å². The van der Waals surface area contributed by atoms with Gasteiger partial charge in [0, 0.05) is 12.6 Å². The average molecular weight is 287 g/mol. The second-order valence-electron chi connectivity index (χ2n) is 5.52. The molecule has 1 N–H and O–H groups in total. The summed E-state index contributed by atoms with van der Waals surface area (Å²) in [6.07, 6.45) is 0. The molecule has 0 heterocycles. The Hall–Kier alpha value is -1.87. The second kappa shape index (κ2) is 6.72. The van der Waals surface area contributed by atoms with Gasteiger partial charge in [0.05, 0.1) is 7.11 Å². The molecule has 2 nitrogen and oxygen atoms in total. The van der Waals surface area contributed by atoms with Crippen LogP contribution in [0.3, 0.4) is 0 Å². The van der Waals surface area contributed by atoms with Crippen LogP contribution in [0.4, 0.5) is 4.39 Å². The van der Waals surface area contributed by atoms with Crippen LogP contribution in [0.2, 0.25) is 0 Å². The first-order valence-electron chi connectivity index (χ1n) is 7.18. The third-order valence-electron chi connectivity index (χ3n) is 3.50. The van der Waals surface area contributed by atoms with E-state index < -0.39 is 0 Å². The van der Waals surface area contributed by atoms with Gasteiger partial charge in [0.1, 0.15) is 11.6 Å². The molecule has 0 bridgehead atoms. The van der Waals surface area contributed by atoms with Crippen molar-refractivity contribution in [3.8, 4) is 16.9 Å². The zero-order valence-electron chi connectivity index (χ0n) is 13.0. The highest BCUT2D eigenvalue weighted by molar-refractivity contribution is 5.71. The van der Waals surface area contributed by atoms with Crippen molar-refractivity contribution in [2.75, 3.05) is 7.11 Å². The van der Waals surface area contributed by atoms with E-state index >= 15 is 0 Å². The van der Waals surface area contributed by atoms with Crippen LogP contribution in [-0.4, -0.2) is 13.2 Å². The molecular weight excluding hydrogens is 265 g/mol. The third kappa shape index (κ3) is 3.82. The van der Waals surface area contributed by atoms with E-state index in [1.54, 1.807) is 13.2 Å². The lowest BCUT2D eigenvalue weighted by Gasteiger charge is -2.15. The highest BCUT2D eigenvalue weighted by Crippen LogP contribution is 2.30. The summed E-state index contributed by atoms with van der Waals surface area (Å²) in [5.74, 6) is 0.600. The summed E-state index contributed by atoms with van der Waals surface area (Å²) in [4.78, 5) is 0. The van der Waals surface area contributed by atoms with Gasteiger partial charge >= 0.3 is 0 Å². The Bertz CT molecular complexity index is 623. The van der Waals surface area contributed by atoms with Crippen molar-refractivity contribution >= 4 is 0 Å². The SMILES string of the molecule is COc1ccc(-c2cc(F)ccc2CNC(C)C)c(C)c1. The van der Waals surface area contributed by atoms with E-state index in [1.807, 2.05) is 31.2 Å². The summed E-state index contributed by atoms with van der Waals surface area (Å²) >= 11 is 0. The second-order valence-corrected chi connectivity index (χ2v) is 5.52. The third-order valence-corrected chi connectivity index (χ3v) is 3.50. The summed E-state index contributed by atoms with van der Waals surface area (Å²) in [6, 6.07) is 11.2. The number of hydrogen-bond acceptors (Lipinski definition) is 2. The van der Waals surface area contributed by atoms with Gasteiger partial charge in [-0.05, 0) is 53.4 Å². The number of nitrogens with one attached hydrogen (secondary N) is 1. The molecule has 112 valence electrons. The van der Waals surface area contributed by atoms with Gasteiger partial charge in [0.2, 0.25) is 0 Å². The first kappa shape index (κ1) is 15.5. The van der Waals surface area contributed by atoms with Crippen molar-refractivity contribution in [1.82, 2.24) is 5.32 Å². The van der Waals surface area contributed by atoms with E-state index in [0.717, 1.165) is 34.5 Å². The Morgan fingerprint density at radius 2 is 1.86 bits per heavy atom. The number of halogens is 1. The fourth-order valence-electron chi connectivity index (χ4n) is 2.33. The van der Waals surface area contributed by atoms with E-state index in [1.165, 1.54) is 6.07 Å². The minimum atomic E-state index is -0.214. The van der Waals surface area contributed by atoms with Crippen molar-refractivity contribution in [1.29, 1.82) is 0 Å². The first-order valence-corrected chi connectivity index (χ1v) is 7.18. The minimum Gasteiger partial charge on any atom is -0.497 e. The maximum atomic E-state index is 13.7. The molecule has 0 aromatic heterocycles. The molecule has 21 heavy (non-hydrogen) atoms. The Morgan fingerprint density at radius 3 is 2.48 bits per heavy atom. The molecule has 0 unspecified atom stereocenters. The molecule has 0 aliphatic heterocycles. The van der Waals surface area contributed by atoms with Crippen LogP contribution in [0.25, 0.3) is 11.1 Å². The van der Waals surface area contributed by atoms with E-state index in [9.17, 15) is 4.39 Å². The monoisotopic (exact) mass is 287 g/mol. The number of benzene rings is 2. The van der Waals surface area contributed by atoms with E-state index in [-0.39, 0.29) is 5.82 Å². The lowest BCUT2D eigenvalue weighted by molar-refractivity contribution is 0.414. The minimum absolute atomic E-state index is 0.214. The summed E-state index contributed by atoms with van der Waals surface area (Å²) in [5.41, 5.74) is 4.14. The molecule has 2 aromatic rings. The summed E-state index contributed by atoms with van der Waals surface area (Å²) in [6.45, 7) is 6.94.